The van der Waals surface area contributed by atoms with Crippen LogP contribution in [0.5, 0.6) is 0 Å². The van der Waals surface area contributed by atoms with Gasteiger partial charge in [0.25, 0.3) is 11.8 Å². The lowest BCUT2D eigenvalue weighted by molar-refractivity contribution is 0.0952. The van der Waals surface area contributed by atoms with Crippen LogP contribution in [0.3, 0.4) is 0 Å². The maximum atomic E-state index is 12.8. The molecule has 0 heterocycles. The third-order valence-electron chi connectivity index (χ3n) is 4.01. The van der Waals surface area contributed by atoms with E-state index in [-0.39, 0.29) is 11.8 Å². The van der Waals surface area contributed by atoms with Crippen molar-refractivity contribution in [2.24, 2.45) is 5.92 Å². The van der Waals surface area contributed by atoms with E-state index >= 15 is 0 Å². The summed E-state index contributed by atoms with van der Waals surface area (Å²) in [6.07, 6.45) is 0.933. The van der Waals surface area contributed by atoms with Crippen LogP contribution >= 0.6 is 0 Å². The van der Waals surface area contributed by atoms with Gasteiger partial charge in [-0.2, -0.15) is 0 Å². The highest BCUT2D eigenvalue weighted by atomic mass is 16.2. The molecule has 132 valence electrons. The van der Waals surface area contributed by atoms with Crippen molar-refractivity contribution in [3.8, 4) is 0 Å². The van der Waals surface area contributed by atoms with Gasteiger partial charge in [-0.05, 0) is 49.6 Å². The van der Waals surface area contributed by atoms with E-state index in [0.717, 1.165) is 12.1 Å². The van der Waals surface area contributed by atoms with Crippen molar-refractivity contribution in [2.45, 2.75) is 27.2 Å². The van der Waals surface area contributed by atoms with Gasteiger partial charge in [0, 0.05) is 29.9 Å². The Hall–Kier alpha value is -2.62. The molecular formula is C21H26N2O2. The van der Waals surface area contributed by atoms with Crippen molar-refractivity contribution >= 4 is 17.5 Å². The first-order valence-corrected chi connectivity index (χ1v) is 8.78. The number of carbonyl (C=O) groups excluding carboxylic acids is 2. The number of nitrogens with one attached hydrogen (secondary N) is 1. The van der Waals surface area contributed by atoms with Crippen molar-refractivity contribution in [2.75, 3.05) is 18.0 Å². The number of hydrogen-bond acceptors (Lipinski definition) is 2. The van der Waals surface area contributed by atoms with Crippen molar-refractivity contribution in [1.29, 1.82) is 0 Å². The van der Waals surface area contributed by atoms with E-state index < -0.39 is 0 Å². The van der Waals surface area contributed by atoms with Crippen molar-refractivity contribution in [3.63, 3.8) is 0 Å². The summed E-state index contributed by atoms with van der Waals surface area (Å²) in [5.41, 5.74) is 1.88. The van der Waals surface area contributed by atoms with Crippen molar-refractivity contribution < 1.29 is 9.59 Å². The Morgan fingerprint density at radius 1 is 1.00 bits per heavy atom. The highest BCUT2D eigenvalue weighted by Crippen LogP contribution is 2.17. The fraction of sp³-hybridized carbons (Fsp3) is 0.333. The standard InChI is InChI=1S/C21H26N2O2/c1-4-23(19-11-6-5-7-12-19)21(25)18-10-8-9-17(15-18)20(24)22-14-13-16(2)3/h5-12,15-16H,4,13-14H2,1-3H3,(H,22,24). The molecule has 0 fully saturated rings. The molecule has 2 amide bonds. The second-order valence-electron chi connectivity index (χ2n) is 6.40. The Kier molecular flexibility index (Phi) is 6.75. The van der Waals surface area contributed by atoms with Gasteiger partial charge in [-0.1, -0.05) is 38.1 Å². The lowest BCUT2D eigenvalue weighted by atomic mass is 10.1. The molecule has 25 heavy (non-hydrogen) atoms. The summed E-state index contributed by atoms with van der Waals surface area (Å²) in [7, 11) is 0. The average Bonchev–Trinajstić information content (AvgIpc) is 2.63. The van der Waals surface area contributed by atoms with Gasteiger partial charge in [-0.15, -0.1) is 0 Å². The largest absolute Gasteiger partial charge is 0.352 e. The average molecular weight is 338 g/mol. The third kappa shape index (κ3) is 5.18. The molecule has 0 aliphatic rings. The first-order chi connectivity index (χ1) is 12.0. The summed E-state index contributed by atoms with van der Waals surface area (Å²) in [5.74, 6) is 0.292. The number of rotatable bonds is 7. The zero-order valence-corrected chi connectivity index (χ0v) is 15.2. The van der Waals surface area contributed by atoms with Gasteiger partial charge in [-0.3, -0.25) is 9.59 Å². The number of anilines is 1. The summed E-state index contributed by atoms with van der Waals surface area (Å²) >= 11 is 0. The molecule has 2 aromatic rings. The zero-order chi connectivity index (χ0) is 18.2. The highest BCUT2D eigenvalue weighted by Gasteiger charge is 2.17. The topological polar surface area (TPSA) is 49.4 Å². The van der Waals surface area contributed by atoms with E-state index in [1.54, 1.807) is 29.2 Å². The van der Waals surface area contributed by atoms with Crippen LogP contribution in [0.15, 0.2) is 54.6 Å². The first-order valence-electron chi connectivity index (χ1n) is 8.78. The van der Waals surface area contributed by atoms with Crippen LogP contribution in [0.2, 0.25) is 0 Å². The molecule has 4 nitrogen and oxygen atoms in total. The molecule has 0 saturated carbocycles. The Morgan fingerprint density at radius 2 is 1.68 bits per heavy atom. The lowest BCUT2D eigenvalue weighted by Gasteiger charge is -2.21. The number of para-hydroxylation sites is 1. The molecule has 4 heteroatoms. The van der Waals surface area contributed by atoms with E-state index in [4.69, 9.17) is 0 Å². The monoisotopic (exact) mass is 338 g/mol. The molecule has 0 spiro atoms. The van der Waals surface area contributed by atoms with Gasteiger partial charge >= 0.3 is 0 Å². The van der Waals surface area contributed by atoms with Crippen molar-refractivity contribution in [3.05, 3.63) is 65.7 Å². The van der Waals surface area contributed by atoms with Crippen LogP contribution in [0.1, 0.15) is 47.9 Å². The van der Waals surface area contributed by atoms with Gasteiger partial charge in [0.15, 0.2) is 0 Å². The SMILES string of the molecule is CCN(C(=O)c1cccc(C(=O)NCCC(C)C)c1)c1ccccc1. The molecule has 0 unspecified atom stereocenters. The molecule has 0 aliphatic heterocycles. The summed E-state index contributed by atoms with van der Waals surface area (Å²) in [5, 5.41) is 2.91. The van der Waals surface area contributed by atoms with Gasteiger partial charge in [-0.25, -0.2) is 0 Å². The van der Waals surface area contributed by atoms with Crippen LogP contribution < -0.4 is 10.2 Å². The second kappa shape index (κ2) is 9.02. The highest BCUT2D eigenvalue weighted by molar-refractivity contribution is 6.07. The van der Waals surface area contributed by atoms with E-state index in [2.05, 4.69) is 19.2 Å². The molecule has 0 bridgehead atoms. The van der Waals surface area contributed by atoms with Crippen LogP contribution in [0, 0.1) is 5.92 Å². The van der Waals surface area contributed by atoms with Crippen LogP contribution in [0.4, 0.5) is 5.69 Å². The minimum atomic E-state index is -0.141. The van der Waals surface area contributed by atoms with Crippen molar-refractivity contribution in [1.82, 2.24) is 5.32 Å². The van der Waals surface area contributed by atoms with Crippen LogP contribution in [-0.4, -0.2) is 24.9 Å². The summed E-state index contributed by atoms with van der Waals surface area (Å²) in [4.78, 5) is 26.8. The summed E-state index contributed by atoms with van der Waals surface area (Å²) < 4.78 is 0. The normalized spacial score (nSPS) is 10.6. The number of amides is 2. The Morgan fingerprint density at radius 3 is 2.32 bits per heavy atom. The molecule has 0 radical (unpaired) electrons. The molecule has 1 N–H and O–H groups in total. The molecule has 0 aliphatic carbocycles. The van der Waals surface area contributed by atoms with E-state index in [1.165, 1.54) is 0 Å². The Bertz CT molecular complexity index is 711. The molecule has 0 aromatic heterocycles. The number of benzene rings is 2. The number of carbonyl (C=O) groups is 2. The van der Waals surface area contributed by atoms with Crippen LogP contribution in [0.25, 0.3) is 0 Å². The second-order valence-corrected chi connectivity index (χ2v) is 6.40. The molecule has 2 aromatic carbocycles. The van der Waals surface area contributed by atoms with Gasteiger partial charge in [0.05, 0.1) is 0 Å². The minimum Gasteiger partial charge on any atom is -0.352 e. The summed E-state index contributed by atoms with van der Waals surface area (Å²) in [6.45, 7) is 7.38. The first kappa shape index (κ1) is 18.7. The third-order valence-corrected chi connectivity index (χ3v) is 4.01. The summed E-state index contributed by atoms with van der Waals surface area (Å²) in [6, 6.07) is 16.5. The molecular weight excluding hydrogens is 312 g/mol. The maximum absolute atomic E-state index is 12.8. The smallest absolute Gasteiger partial charge is 0.258 e. The predicted molar refractivity (Wildman–Crippen MR) is 102 cm³/mol. The van der Waals surface area contributed by atoms with Gasteiger partial charge in [0.2, 0.25) is 0 Å². The predicted octanol–water partition coefficient (Wildman–Crippen LogP) is 4.13. The van der Waals surface area contributed by atoms with E-state index in [0.29, 0.717) is 30.1 Å². The van der Waals surface area contributed by atoms with E-state index in [9.17, 15) is 9.59 Å². The lowest BCUT2D eigenvalue weighted by Crippen LogP contribution is -2.31. The zero-order valence-electron chi connectivity index (χ0n) is 15.2. The van der Waals surface area contributed by atoms with E-state index in [1.807, 2.05) is 37.3 Å². The van der Waals surface area contributed by atoms with Crippen LogP contribution in [-0.2, 0) is 0 Å². The quantitative estimate of drug-likeness (QED) is 0.825. The number of hydrogen-bond donors (Lipinski definition) is 1. The fourth-order valence-electron chi connectivity index (χ4n) is 2.58. The minimum absolute atomic E-state index is 0.106. The fourth-order valence-corrected chi connectivity index (χ4v) is 2.58. The molecule has 0 atom stereocenters. The Labute approximate surface area is 149 Å². The number of nitrogens with zero attached hydrogens (tertiary/aromatic N) is 1. The maximum Gasteiger partial charge on any atom is 0.258 e. The molecule has 2 rings (SSSR count). The van der Waals surface area contributed by atoms with Gasteiger partial charge in [0.1, 0.15) is 0 Å². The van der Waals surface area contributed by atoms with Gasteiger partial charge < -0.3 is 10.2 Å². The molecule has 0 saturated heterocycles. The Balaban J connectivity index is 2.14.